The third kappa shape index (κ3) is 4.66. The molecule has 5 heteroatoms. The number of aromatic amines is 1. The van der Waals surface area contributed by atoms with Crippen molar-refractivity contribution in [3.05, 3.63) is 54.1 Å². The summed E-state index contributed by atoms with van der Waals surface area (Å²) in [6.45, 7) is 3.18. The molecular weight excluding hydrogens is 288 g/mol. The molecule has 3 rings (SSSR count). The summed E-state index contributed by atoms with van der Waals surface area (Å²) in [7, 11) is 0. The second kappa shape index (κ2) is 7.92. The molecule has 1 fully saturated rings. The number of hydrogen-bond acceptors (Lipinski definition) is 3. The Labute approximate surface area is 137 Å². The van der Waals surface area contributed by atoms with Crippen molar-refractivity contribution in [3.8, 4) is 0 Å². The molecule has 1 amide bonds. The average molecular weight is 312 g/mol. The number of carbonyl (C=O) groups is 1. The van der Waals surface area contributed by atoms with Gasteiger partial charge in [-0.15, -0.1) is 0 Å². The molecule has 1 atom stereocenters. The van der Waals surface area contributed by atoms with Crippen molar-refractivity contribution >= 4 is 5.91 Å². The van der Waals surface area contributed by atoms with Crippen molar-refractivity contribution in [2.24, 2.45) is 0 Å². The number of hydrogen-bond donors (Lipinski definition) is 2. The van der Waals surface area contributed by atoms with Crippen LogP contribution in [0.15, 0.2) is 42.7 Å². The van der Waals surface area contributed by atoms with Crippen molar-refractivity contribution in [2.45, 2.75) is 25.2 Å². The minimum absolute atomic E-state index is 0.123. The molecule has 5 nitrogen and oxygen atoms in total. The van der Waals surface area contributed by atoms with Crippen LogP contribution in [0.4, 0.5) is 0 Å². The number of amides is 1. The maximum atomic E-state index is 12.0. The first kappa shape index (κ1) is 15.7. The van der Waals surface area contributed by atoms with Gasteiger partial charge in [-0.05, 0) is 30.9 Å². The van der Waals surface area contributed by atoms with Gasteiger partial charge in [0, 0.05) is 31.9 Å². The van der Waals surface area contributed by atoms with E-state index in [1.54, 1.807) is 6.20 Å². The van der Waals surface area contributed by atoms with Crippen LogP contribution < -0.4 is 5.32 Å². The Morgan fingerprint density at radius 2 is 2.22 bits per heavy atom. The molecule has 0 aliphatic carbocycles. The molecular formula is C18H24N4O. The third-order valence-corrected chi connectivity index (χ3v) is 4.38. The van der Waals surface area contributed by atoms with Gasteiger partial charge in [0.15, 0.2) is 0 Å². The maximum absolute atomic E-state index is 12.0. The van der Waals surface area contributed by atoms with Crippen LogP contribution >= 0.6 is 0 Å². The van der Waals surface area contributed by atoms with Crippen molar-refractivity contribution in [2.75, 3.05) is 26.2 Å². The number of aromatic nitrogens is 2. The maximum Gasteiger partial charge on any atom is 0.234 e. The van der Waals surface area contributed by atoms with Crippen LogP contribution in [0.3, 0.4) is 0 Å². The highest BCUT2D eigenvalue weighted by Crippen LogP contribution is 2.26. The molecule has 2 N–H and O–H groups in total. The first-order valence-electron chi connectivity index (χ1n) is 8.33. The zero-order chi connectivity index (χ0) is 15.9. The van der Waals surface area contributed by atoms with Gasteiger partial charge in [0.1, 0.15) is 5.82 Å². The number of aryl methyl sites for hydroxylation is 1. The molecule has 23 heavy (non-hydrogen) atoms. The lowest BCUT2D eigenvalue weighted by molar-refractivity contribution is -0.122. The summed E-state index contributed by atoms with van der Waals surface area (Å²) >= 11 is 0. The molecule has 0 radical (unpaired) electrons. The Kier molecular flexibility index (Phi) is 5.42. The number of nitrogens with zero attached hydrogens (tertiary/aromatic N) is 2. The summed E-state index contributed by atoms with van der Waals surface area (Å²) in [4.78, 5) is 21.5. The minimum atomic E-state index is 0.123. The highest BCUT2D eigenvalue weighted by Gasteiger charge is 2.24. The van der Waals surface area contributed by atoms with Gasteiger partial charge in [-0.3, -0.25) is 9.69 Å². The van der Waals surface area contributed by atoms with E-state index < -0.39 is 0 Å². The lowest BCUT2D eigenvalue weighted by Crippen LogP contribution is -2.36. The quantitative estimate of drug-likeness (QED) is 0.768. The molecule has 1 unspecified atom stereocenters. The molecule has 1 aliphatic heterocycles. The predicted octanol–water partition coefficient (Wildman–Crippen LogP) is 1.95. The first-order chi connectivity index (χ1) is 11.3. The van der Waals surface area contributed by atoms with Crippen molar-refractivity contribution in [1.82, 2.24) is 20.2 Å². The number of H-pyrrole nitrogens is 1. The largest absolute Gasteiger partial charge is 0.355 e. The van der Waals surface area contributed by atoms with E-state index in [0.29, 0.717) is 19.0 Å². The van der Waals surface area contributed by atoms with Gasteiger partial charge in [0.05, 0.1) is 6.54 Å². The van der Waals surface area contributed by atoms with Gasteiger partial charge >= 0.3 is 0 Å². The lowest BCUT2D eigenvalue weighted by atomic mass is 9.99. The smallest absolute Gasteiger partial charge is 0.234 e. The summed E-state index contributed by atoms with van der Waals surface area (Å²) in [5.74, 6) is 1.66. The van der Waals surface area contributed by atoms with Crippen molar-refractivity contribution in [3.63, 3.8) is 0 Å². The molecule has 1 aromatic heterocycles. The molecule has 2 aromatic rings. The highest BCUT2D eigenvalue weighted by atomic mass is 16.2. The Balaban J connectivity index is 1.34. The summed E-state index contributed by atoms with van der Waals surface area (Å²) in [6.07, 6.45) is 6.49. The van der Waals surface area contributed by atoms with Gasteiger partial charge in [0.25, 0.3) is 0 Å². The highest BCUT2D eigenvalue weighted by molar-refractivity contribution is 5.78. The van der Waals surface area contributed by atoms with Gasteiger partial charge in [0.2, 0.25) is 5.91 Å². The molecule has 0 saturated carbocycles. The summed E-state index contributed by atoms with van der Waals surface area (Å²) in [6, 6.07) is 10.6. The van der Waals surface area contributed by atoms with Gasteiger partial charge in [-0.25, -0.2) is 4.98 Å². The molecule has 2 heterocycles. The van der Waals surface area contributed by atoms with E-state index in [0.717, 1.165) is 38.2 Å². The van der Waals surface area contributed by atoms with Crippen LogP contribution in [0, 0.1) is 0 Å². The zero-order valence-electron chi connectivity index (χ0n) is 13.4. The fraction of sp³-hybridized carbons (Fsp3) is 0.444. The van der Waals surface area contributed by atoms with E-state index in [2.05, 4.69) is 44.5 Å². The van der Waals surface area contributed by atoms with E-state index in [9.17, 15) is 4.79 Å². The topological polar surface area (TPSA) is 61.0 Å². The summed E-state index contributed by atoms with van der Waals surface area (Å²) in [5, 5.41) is 3.00. The summed E-state index contributed by atoms with van der Waals surface area (Å²) < 4.78 is 0. The van der Waals surface area contributed by atoms with Crippen LogP contribution in [0.5, 0.6) is 0 Å². The number of rotatable bonds is 7. The number of nitrogens with one attached hydrogen (secondary N) is 2. The van der Waals surface area contributed by atoms with E-state index in [1.807, 2.05) is 12.3 Å². The monoisotopic (exact) mass is 312 g/mol. The second-order valence-corrected chi connectivity index (χ2v) is 6.12. The van der Waals surface area contributed by atoms with Gasteiger partial charge < -0.3 is 10.3 Å². The molecule has 1 aromatic carbocycles. The zero-order valence-corrected chi connectivity index (χ0v) is 13.4. The Bertz CT molecular complexity index is 597. The molecule has 1 aliphatic rings. The van der Waals surface area contributed by atoms with Crippen LogP contribution in [-0.2, 0) is 11.2 Å². The first-order valence-corrected chi connectivity index (χ1v) is 8.33. The molecule has 0 bridgehead atoms. The Hall–Kier alpha value is -2.14. The summed E-state index contributed by atoms with van der Waals surface area (Å²) in [5.41, 5.74) is 1.38. The Morgan fingerprint density at radius 3 is 3.00 bits per heavy atom. The van der Waals surface area contributed by atoms with E-state index in [1.165, 1.54) is 5.56 Å². The van der Waals surface area contributed by atoms with Crippen molar-refractivity contribution < 1.29 is 4.79 Å². The predicted molar refractivity (Wildman–Crippen MR) is 90.2 cm³/mol. The third-order valence-electron chi connectivity index (χ3n) is 4.38. The lowest BCUT2D eigenvalue weighted by Gasteiger charge is -2.16. The Morgan fingerprint density at radius 1 is 1.35 bits per heavy atom. The van der Waals surface area contributed by atoms with Crippen molar-refractivity contribution in [1.29, 1.82) is 0 Å². The average Bonchev–Trinajstić information content (AvgIpc) is 3.24. The second-order valence-electron chi connectivity index (χ2n) is 6.12. The fourth-order valence-corrected chi connectivity index (χ4v) is 3.15. The number of likely N-dealkylation sites (tertiary alicyclic amines) is 1. The van der Waals surface area contributed by atoms with Crippen LogP contribution in [0.1, 0.15) is 30.1 Å². The van der Waals surface area contributed by atoms with Crippen LogP contribution in [0.2, 0.25) is 0 Å². The molecule has 122 valence electrons. The van der Waals surface area contributed by atoms with Crippen LogP contribution in [0.25, 0.3) is 0 Å². The molecule has 0 spiro atoms. The SMILES string of the molecule is O=C(CN1CCC(c2ccccc2)C1)NCCCc1ncc[nH]1. The number of benzene rings is 1. The van der Waals surface area contributed by atoms with E-state index in [4.69, 9.17) is 0 Å². The minimum Gasteiger partial charge on any atom is -0.355 e. The standard InChI is InChI=1S/C18H24N4O/c23-18(21-9-4-7-17-19-10-11-20-17)14-22-12-8-16(13-22)15-5-2-1-3-6-15/h1-3,5-6,10-11,16H,4,7-9,12-14H2,(H,19,20)(H,21,23). The number of carbonyl (C=O) groups excluding carboxylic acids is 1. The van der Waals surface area contributed by atoms with Gasteiger partial charge in [-0.2, -0.15) is 0 Å². The van der Waals surface area contributed by atoms with Crippen LogP contribution in [-0.4, -0.2) is 47.0 Å². The van der Waals surface area contributed by atoms with E-state index >= 15 is 0 Å². The normalized spacial score (nSPS) is 18.2. The van der Waals surface area contributed by atoms with Gasteiger partial charge in [-0.1, -0.05) is 30.3 Å². The fourth-order valence-electron chi connectivity index (χ4n) is 3.15. The van der Waals surface area contributed by atoms with E-state index in [-0.39, 0.29) is 5.91 Å². The number of imidazole rings is 1. The molecule has 1 saturated heterocycles.